The quantitative estimate of drug-likeness (QED) is 0.181. The molecule has 0 atom stereocenters. The summed E-state index contributed by atoms with van der Waals surface area (Å²) >= 11 is 1.90. The van der Waals surface area contributed by atoms with Gasteiger partial charge in [0, 0.05) is 59.1 Å². The Balaban J connectivity index is 1.25. The number of para-hydroxylation sites is 2. The van der Waals surface area contributed by atoms with Crippen LogP contribution in [0, 0.1) is 0 Å². The van der Waals surface area contributed by atoms with Gasteiger partial charge >= 0.3 is 0 Å². The third-order valence-electron chi connectivity index (χ3n) is 9.76. The van der Waals surface area contributed by atoms with Gasteiger partial charge in [-0.1, -0.05) is 121 Å². The Hall–Kier alpha value is -6.16. The molecule has 10 rings (SSSR count). The smallest absolute Gasteiger partial charge is 0.0633 e. The molecule has 0 aliphatic rings. The van der Waals surface area contributed by atoms with Crippen molar-refractivity contribution in [1.29, 1.82) is 0 Å². The Morgan fingerprint density at radius 2 is 1.04 bits per heavy atom. The SMILES string of the molecule is c1ccc(-c2ccc(N(c3ccccc3)c3ccc4c(c3)c3ccc5ccc6c7ccccc7sc6c5c3n4-c3ccccc3)cc2)cc1. The van der Waals surface area contributed by atoms with Crippen LogP contribution in [0.5, 0.6) is 0 Å². The van der Waals surface area contributed by atoms with Crippen molar-refractivity contribution in [2.75, 3.05) is 4.90 Å². The van der Waals surface area contributed by atoms with Crippen LogP contribution in [0.4, 0.5) is 17.1 Å². The summed E-state index contributed by atoms with van der Waals surface area (Å²) in [6, 6.07) is 66.0. The minimum Gasteiger partial charge on any atom is -0.310 e. The Bertz CT molecular complexity index is 2800. The number of rotatable bonds is 5. The van der Waals surface area contributed by atoms with Gasteiger partial charge in [0.25, 0.3) is 0 Å². The van der Waals surface area contributed by atoms with Gasteiger partial charge in [-0.25, -0.2) is 0 Å². The highest BCUT2D eigenvalue weighted by atomic mass is 32.1. The van der Waals surface area contributed by atoms with E-state index >= 15 is 0 Å². The lowest BCUT2D eigenvalue weighted by molar-refractivity contribution is 1.19. The number of hydrogen-bond acceptors (Lipinski definition) is 2. The molecule has 0 radical (unpaired) electrons. The van der Waals surface area contributed by atoms with Crippen molar-refractivity contribution < 1.29 is 0 Å². The molecule has 0 unspecified atom stereocenters. The predicted molar refractivity (Wildman–Crippen MR) is 211 cm³/mol. The lowest BCUT2D eigenvalue weighted by Gasteiger charge is -2.26. The topological polar surface area (TPSA) is 8.17 Å². The molecule has 0 spiro atoms. The van der Waals surface area contributed by atoms with E-state index in [0.29, 0.717) is 0 Å². The fourth-order valence-electron chi connectivity index (χ4n) is 7.52. The minimum atomic E-state index is 1.12. The van der Waals surface area contributed by atoms with Gasteiger partial charge in [0.15, 0.2) is 0 Å². The molecule has 0 saturated heterocycles. The molecule has 0 saturated carbocycles. The van der Waals surface area contributed by atoms with Gasteiger partial charge in [-0.15, -0.1) is 11.3 Å². The number of hydrogen-bond donors (Lipinski definition) is 0. The first kappa shape index (κ1) is 27.9. The van der Waals surface area contributed by atoms with E-state index < -0.39 is 0 Å². The van der Waals surface area contributed by atoms with Gasteiger partial charge in [0.1, 0.15) is 0 Å². The molecule has 49 heavy (non-hydrogen) atoms. The zero-order chi connectivity index (χ0) is 32.3. The van der Waals surface area contributed by atoms with Crippen LogP contribution >= 0.6 is 11.3 Å². The van der Waals surface area contributed by atoms with Crippen molar-refractivity contribution in [3.8, 4) is 16.8 Å². The van der Waals surface area contributed by atoms with Crippen LogP contribution in [-0.2, 0) is 0 Å². The molecular weight excluding hydrogens is 613 g/mol. The Kier molecular flexibility index (Phi) is 6.39. The highest BCUT2D eigenvalue weighted by Gasteiger charge is 2.20. The average molecular weight is 643 g/mol. The molecule has 8 aromatic carbocycles. The second-order valence-corrected chi connectivity index (χ2v) is 13.6. The standard InChI is InChI=1S/C46H30N2S/c1-4-12-31(13-5-1)32-20-24-36(25-21-32)47(34-14-6-2-7-15-34)37-26-29-42-41(30-37)39-27-22-33-23-28-40-38-18-10-11-19-43(38)49-46(40)44(33)45(39)48(42)35-16-8-3-9-17-35/h1-30H. The Morgan fingerprint density at radius 1 is 0.429 bits per heavy atom. The summed E-state index contributed by atoms with van der Waals surface area (Å²) in [6.07, 6.45) is 0. The number of anilines is 3. The largest absolute Gasteiger partial charge is 0.310 e. The van der Waals surface area contributed by atoms with E-state index in [-0.39, 0.29) is 0 Å². The molecule has 2 heterocycles. The van der Waals surface area contributed by atoms with E-state index in [1.165, 1.54) is 63.9 Å². The normalized spacial score (nSPS) is 11.7. The number of aromatic nitrogens is 1. The molecule has 0 aliphatic carbocycles. The molecule has 0 fully saturated rings. The highest BCUT2D eigenvalue weighted by Crippen LogP contribution is 2.45. The van der Waals surface area contributed by atoms with E-state index in [4.69, 9.17) is 0 Å². The second kappa shape index (κ2) is 11.2. The van der Waals surface area contributed by atoms with Crippen LogP contribution in [0.3, 0.4) is 0 Å². The molecule has 2 aromatic heterocycles. The fraction of sp³-hybridized carbons (Fsp3) is 0. The summed E-state index contributed by atoms with van der Waals surface area (Å²) in [4.78, 5) is 2.37. The fourth-order valence-corrected chi connectivity index (χ4v) is 8.78. The maximum Gasteiger partial charge on any atom is 0.0633 e. The first-order valence-corrected chi connectivity index (χ1v) is 17.5. The zero-order valence-electron chi connectivity index (χ0n) is 26.6. The molecule has 0 N–H and O–H groups in total. The molecule has 0 bridgehead atoms. The second-order valence-electron chi connectivity index (χ2n) is 12.6. The number of benzene rings is 8. The highest BCUT2D eigenvalue weighted by molar-refractivity contribution is 7.26. The monoisotopic (exact) mass is 642 g/mol. The van der Waals surface area contributed by atoms with Crippen molar-refractivity contribution >= 4 is 81.1 Å². The lowest BCUT2D eigenvalue weighted by atomic mass is 10.0. The molecule has 2 nitrogen and oxygen atoms in total. The van der Waals surface area contributed by atoms with Crippen LogP contribution < -0.4 is 4.90 Å². The van der Waals surface area contributed by atoms with Crippen molar-refractivity contribution in [3.63, 3.8) is 0 Å². The first-order valence-electron chi connectivity index (χ1n) is 16.7. The van der Waals surface area contributed by atoms with Gasteiger partial charge in [-0.2, -0.15) is 0 Å². The van der Waals surface area contributed by atoms with Gasteiger partial charge in [-0.05, 0) is 77.2 Å². The van der Waals surface area contributed by atoms with E-state index in [2.05, 4.69) is 191 Å². The maximum atomic E-state index is 2.47. The zero-order valence-corrected chi connectivity index (χ0v) is 27.4. The van der Waals surface area contributed by atoms with E-state index in [0.717, 1.165) is 22.7 Å². The molecule has 230 valence electrons. The van der Waals surface area contributed by atoms with Gasteiger partial charge in [0.2, 0.25) is 0 Å². The van der Waals surface area contributed by atoms with Crippen molar-refractivity contribution in [3.05, 3.63) is 182 Å². The van der Waals surface area contributed by atoms with Crippen molar-refractivity contribution in [2.24, 2.45) is 0 Å². The third kappa shape index (κ3) is 4.47. The summed E-state index contributed by atoms with van der Waals surface area (Å²) < 4.78 is 5.14. The van der Waals surface area contributed by atoms with E-state index in [1.54, 1.807) is 0 Å². The van der Waals surface area contributed by atoms with Crippen LogP contribution in [-0.4, -0.2) is 4.57 Å². The average Bonchev–Trinajstić information content (AvgIpc) is 3.72. The maximum absolute atomic E-state index is 2.47. The lowest BCUT2D eigenvalue weighted by Crippen LogP contribution is -2.09. The number of nitrogens with zero attached hydrogens (tertiary/aromatic N) is 2. The predicted octanol–water partition coefficient (Wildman–Crippen LogP) is 13.4. The third-order valence-corrected chi connectivity index (χ3v) is 11.0. The van der Waals surface area contributed by atoms with Crippen LogP contribution in [0.2, 0.25) is 0 Å². The number of thiophene rings is 1. The summed E-state index contributed by atoms with van der Waals surface area (Å²) in [5, 5.41) is 7.71. The summed E-state index contributed by atoms with van der Waals surface area (Å²) in [5.74, 6) is 0. The minimum absolute atomic E-state index is 1.12. The van der Waals surface area contributed by atoms with Crippen molar-refractivity contribution in [1.82, 2.24) is 4.57 Å². The van der Waals surface area contributed by atoms with Crippen molar-refractivity contribution in [2.45, 2.75) is 0 Å². The van der Waals surface area contributed by atoms with E-state index in [9.17, 15) is 0 Å². The summed E-state index contributed by atoms with van der Waals surface area (Å²) in [5.41, 5.74) is 9.41. The summed E-state index contributed by atoms with van der Waals surface area (Å²) in [6.45, 7) is 0. The van der Waals surface area contributed by atoms with Gasteiger partial charge in [-0.3, -0.25) is 0 Å². The molecule has 10 aromatic rings. The Labute approximate surface area is 288 Å². The molecule has 0 aliphatic heterocycles. The molecule has 3 heteroatoms. The van der Waals surface area contributed by atoms with Gasteiger partial charge < -0.3 is 9.47 Å². The van der Waals surface area contributed by atoms with Crippen LogP contribution in [0.25, 0.3) is 69.6 Å². The van der Waals surface area contributed by atoms with Crippen LogP contribution in [0.1, 0.15) is 0 Å². The first-order chi connectivity index (χ1) is 24.3. The van der Waals surface area contributed by atoms with Gasteiger partial charge in [0.05, 0.1) is 11.0 Å². The molecule has 0 amide bonds. The van der Waals surface area contributed by atoms with E-state index in [1.807, 2.05) is 11.3 Å². The number of fused-ring (bicyclic) bond motifs is 9. The summed E-state index contributed by atoms with van der Waals surface area (Å²) in [7, 11) is 0. The Morgan fingerprint density at radius 3 is 1.82 bits per heavy atom. The molecular formula is C46H30N2S. The van der Waals surface area contributed by atoms with Crippen LogP contribution in [0.15, 0.2) is 182 Å².